The number of cyclic esters (lactones) is 1. The lowest BCUT2D eigenvalue weighted by Gasteiger charge is -2.37. The number of rotatable bonds is 7. The van der Waals surface area contributed by atoms with Gasteiger partial charge in [-0.15, -0.1) is 0 Å². The van der Waals surface area contributed by atoms with E-state index in [1.807, 2.05) is 12.1 Å². The van der Waals surface area contributed by atoms with Crippen molar-refractivity contribution in [2.75, 3.05) is 57.3 Å². The summed E-state index contributed by atoms with van der Waals surface area (Å²) in [5.74, 6) is 0.0789. The van der Waals surface area contributed by atoms with Crippen molar-refractivity contribution in [3.63, 3.8) is 0 Å². The van der Waals surface area contributed by atoms with Crippen LogP contribution in [-0.2, 0) is 9.53 Å². The summed E-state index contributed by atoms with van der Waals surface area (Å²) in [4.78, 5) is 20.1. The van der Waals surface area contributed by atoms with Gasteiger partial charge in [0.05, 0.1) is 5.41 Å². The Hall–Kier alpha value is -1.30. The summed E-state index contributed by atoms with van der Waals surface area (Å²) < 4.78 is 5.86. The van der Waals surface area contributed by atoms with E-state index in [2.05, 4.69) is 33.8 Å². The average molecular weight is 434 g/mol. The number of esters is 1. The Bertz CT molecular complexity index is 695. The third kappa shape index (κ3) is 5.12. The maximum absolute atomic E-state index is 12.7. The molecule has 3 fully saturated rings. The molecule has 3 aliphatic rings. The Morgan fingerprint density at radius 2 is 1.67 bits per heavy atom. The highest BCUT2D eigenvalue weighted by Gasteiger charge is 2.50. The molecule has 1 aromatic rings. The first-order valence-electron chi connectivity index (χ1n) is 11.7. The van der Waals surface area contributed by atoms with Crippen molar-refractivity contribution in [2.45, 2.75) is 51.6 Å². The number of halogens is 1. The van der Waals surface area contributed by atoms with Gasteiger partial charge in [0.2, 0.25) is 0 Å². The summed E-state index contributed by atoms with van der Waals surface area (Å²) in [5, 5.41) is 0.785. The van der Waals surface area contributed by atoms with Crippen LogP contribution in [0.1, 0.15) is 45.4 Å². The van der Waals surface area contributed by atoms with Crippen LogP contribution in [0.2, 0.25) is 5.02 Å². The molecule has 30 heavy (non-hydrogen) atoms. The summed E-state index contributed by atoms with van der Waals surface area (Å²) >= 11 is 6.00. The molecule has 1 atom stereocenters. The highest BCUT2D eigenvalue weighted by molar-refractivity contribution is 6.30. The molecule has 0 amide bonds. The molecule has 0 bridgehead atoms. The van der Waals surface area contributed by atoms with E-state index in [-0.39, 0.29) is 17.5 Å². The SMILES string of the molecule is CCCCN1CCC2(CC1)CC(CCN1CCN(c3ccc(Cl)cc3)CC1)OC2=O. The van der Waals surface area contributed by atoms with Crippen LogP contribution < -0.4 is 4.90 Å². The average Bonchev–Trinajstić information content (AvgIpc) is 3.08. The zero-order chi connectivity index (χ0) is 21.0. The summed E-state index contributed by atoms with van der Waals surface area (Å²) in [7, 11) is 0. The first-order valence-corrected chi connectivity index (χ1v) is 12.1. The number of ether oxygens (including phenoxy) is 1. The molecular weight excluding hydrogens is 398 g/mol. The number of hydrogen-bond donors (Lipinski definition) is 0. The summed E-state index contributed by atoms with van der Waals surface area (Å²) in [5.41, 5.74) is 1.05. The monoisotopic (exact) mass is 433 g/mol. The van der Waals surface area contributed by atoms with E-state index >= 15 is 0 Å². The minimum absolute atomic E-state index is 0.0789. The van der Waals surface area contributed by atoms with Crippen molar-refractivity contribution in [3.05, 3.63) is 29.3 Å². The zero-order valence-corrected chi connectivity index (χ0v) is 19.1. The van der Waals surface area contributed by atoms with Crippen LogP contribution in [0.5, 0.6) is 0 Å². The first-order chi connectivity index (χ1) is 14.6. The van der Waals surface area contributed by atoms with Gasteiger partial charge in [-0.1, -0.05) is 24.9 Å². The number of unbranched alkanes of at least 4 members (excludes halogenated alkanes) is 1. The minimum Gasteiger partial charge on any atom is -0.462 e. The number of piperidine rings is 1. The topological polar surface area (TPSA) is 36.0 Å². The van der Waals surface area contributed by atoms with Crippen molar-refractivity contribution in [3.8, 4) is 0 Å². The molecule has 6 heteroatoms. The second kappa shape index (κ2) is 9.88. The molecule has 3 saturated heterocycles. The van der Waals surface area contributed by atoms with Gasteiger partial charge in [-0.05, 0) is 69.6 Å². The van der Waals surface area contributed by atoms with Gasteiger partial charge in [-0.3, -0.25) is 9.69 Å². The van der Waals surface area contributed by atoms with Crippen molar-refractivity contribution in [2.24, 2.45) is 5.41 Å². The van der Waals surface area contributed by atoms with E-state index < -0.39 is 0 Å². The molecule has 0 saturated carbocycles. The molecule has 1 aromatic carbocycles. The number of likely N-dealkylation sites (tertiary alicyclic amines) is 1. The van der Waals surface area contributed by atoms with Gasteiger partial charge in [0.15, 0.2) is 0 Å². The van der Waals surface area contributed by atoms with E-state index in [1.165, 1.54) is 25.1 Å². The number of carbonyl (C=O) groups excluding carboxylic acids is 1. The lowest BCUT2D eigenvalue weighted by molar-refractivity contribution is -0.151. The number of benzene rings is 1. The van der Waals surface area contributed by atoms with Crippen LogP contribution in [0, 0.1) is 5.41 Å². The second-order valence-corrected chi connectivity index (χ2v) is 9.74. The molecule has 166 valence electrons. The highest BCUT2D eigenvalue weighted by Crippen LogP contribution is 2.43. The third-order valence-corrected chi connectivity index (χ3v) is 7.55. The van der Waals surface area contributed by atoms with E-state index in [1.54, 1.807) is 0 Å². The molecule has 5 nitrogen and oxygen atoms in total. The van der Waals surface area contributed by atoms with E-state index in [4.69, 9.17) is 16.3 Å². The number of nitrogens with zero attached hydrogens (tertiary/aromatic N) is 3. The fourth-order valence-corrected chi connectivity index (χ4v) is 5.33. The number of piperazine rings is 1. The van der Waals surface area contributed by atoms with Crippen LogP contribution in [0.15, 0.2) is 24.3 Å². The number of hydrogen-bond acceptors (Lipinski definition) is 5. The normalized spacial score (nSPS) is 25.1. The zero-order valence-electron chi connectivity index (χ0n) is 18.3. The first kappa shape index (κ1) is 21.9. The van der Waals surface area contributed by atoms with Gasteiger partial charge in [0.1, 0.15) is 6.10 Å². The van der Waals surface area contributed by atoms with E-state index in [0.29, 0.717) is 0 Å². The van der Waals surface area contributed by atoms with Crippen LogP contribution in [0.25, 0.3) is 0 Å². The van der Waals surface area contributed by atoms with Crippen molar-refractivity contribution in [1.82, 2.24) is 9.80 Å². The predicted molar refractivity (Wildman–Crippen MR) is 122 cm³/mol. The maximum atomic E-state index is 12.7. The summed E-state index contributed by atoms with van der Waals surface area (Å²) in [6, 6.07) is 8.12. The van der Waals surface area contributed by atoms with Crippen LogP contribution in [0.4, 0.5) is 5.69 Å². The Kier molecular flexibility index (Phi) is 7.22. The molecule has 0 N–H and O–H groups in total. The molecule has 0 aromatic heterocycles. The smallest absolute Gasteiger partial charge is 0.312 e. The molecule has 3 heterocycles. The quantitative estimate of drug-likeness (QED) is 0.606. The van der Waals surface area contributed by atoms with Crippen molar-refractivity contribution in [1.29, 1.82) is 0 Å². The molecule has 3 aliphatic heterocycles. The van der Waals surface area contributed by atoms with Gasteiger partial charge in [-0.2, -0.15) is 0 Å². The standard InChI is InChI=1S/C24H36ClN3O2/c1-2-3-11-26-13-9-24(10-14-26)19-22(30-23(24)29)8-12-27-15-17-28(18-16-27)21-6-4-20(25)5-7-21/h4-7,22H,2-3,8-19H2,1H3. The van der Waals surface area contributed by atoms with Crippen LogP contribution in [-0.4, -0.2) is 74.2 Å². The Morgan fingerprint density at radius 3 is 2.33 bits per heavy atom. The molecule has 1 spiro atoms. The van der Waals surface area contributed by atoms with Gasteiger partial charge >= 0.3 is 5.97 Å². The second-order valence-electron chi connectivity index (χ2n) is 9.30. The lowest BCUT2D eigenvalue weighted by Crippen LogP contribution is -2.47. The molecule has 1 unspecified atom stereocenters. The molecule has 4 rings (SSSR count). The van der Waals surface area contributed by atoms with Gasteiger partial charge in [-0.25, -0.2) is 0 Å². The van der Waals surface area contributed by atoms with E-state index in [0.717, 1.165) is 76.5 Å². The Balaban J connectivity index is 1.19. The Morgan fingerprint density at radius 1 is 1.00 bits per heavy atom. The summed E-state index contributed by atoms with van der Waals surface area (Å²) in [6.07, 6.45) is 6.45. The number of anilines is 1. The van der Waals surface area contributed by atoms with Gasteiger partial charge in [0, 0.05) is 49.9 Å². The fraction of sp³-hybridized carbons (Fsp3) is 0.708. The fourth-order valence-electron chi connectivity index (χ4n) is 5.20. The third-order valence-electron chi connectivity index (χ3n) is 7.30. The van der Waals surface area contributed by atoms with Gasteiger partial charge < -0.3 is 14.5 Å². The molecular formula is C24H36ClN3O2. The minimum atomic E-state index is -0.194. The van der Waals surface area contributed by atoms with Crippen molar-refractivity contribution < 1.29 is 9.53 Å². The summed E-state index contributed by atoms with van der Waals surface area (Å²) in [6.45, 7) is 10.7. The maximum Gasteiger partial charge on any atom is 0.312 e. The molecule has 0 aliphatic carbocycles. The molecule has 0 radical (unpaired) electrons. The van der Waals surface area contributed by atoms with Crippen LogP contribution in [0.3, 0.4) is 0 Å². The van der Waals surface area contributed by atoms with Gasteiger partial charge in [0.25, 0.3) is 0 Å². The van der Waals surface area contributed by atoms with E-state index in [9.17, 15) is 4.79 Å². The van der Waals surface area contributed by atoms with Crippen LogP contribution >= 0.6 is 11.6 Å². The Labute approximate surface area is 186 Å². The lowest BCUT2D eigenvalue weighted by atomic mass is 9.75. The highest BCUT2D eigenvalue weighted by atomic mass is 35.5. The largest absolute Gasteiger partial charge is 0.462 e. The predicted octanol–water partition coefficient (Wildman–Crippen LogP) is 4.05. The van der Waals surface area contributed by atoms with Crippen molar-refractivity contribution >= 4 is 23.3 Å². The number of carbonyl (C=O) groups is 1.